The molecule has 0 radical (unpaired) electrons. The number of nitrogens with two attached hydrogens (primary N) is 1. The van der Waals surface area contributed by atoms with Crippen molar-refractivity contribution >= 4 is 17.5 Å². The average Bonchev–Trinajstić information content (AvgIpc) is 2.61. The average molecular weight is 353 g/mol. The molecule has 1 atom stereocenters. The first-order valence-corrected chi connectivity index (χ1v) is 8.65. The molecule has 2 aromatic carbocycles. The van der Waals surface area contributed by atoms with E-state index in [1.807, 2.05) is 38.1 Å². The summed E-state index contributed by atoms with van der Waals surface area (Å²) in [6.45, 7) is 5.06. The van der Waals surface area contributed by atoms with E-state index in [2.05, 4.69) is 10.6 Å². The van der Waals surface area contributed by atoms with Crippen LogP contribution in [0.15, 0.2) is 42.5 Å². The van der Waals surface area contributed by atoms with Gasteiger partial charge in [-0.1, -0.05) is 24.3 Å². The zero-order chi connectivity index (χ0) is 18.7. The topological polar surface area (TPSA) is 93.4 Å². The lowest BCUT2D eigenvalue weighted by atomic mass is 9.90. The number of hydrogen-bond donors (Lipinski definition) is 3. The molecule has 6 heteroatoms. The van der Waals surface area contributed by atoms with Gasteiger partial charge in [0.15, 0.2) is 0 Å². The summed E-state index contributed by atoms with van der Waals surface area (Å²) in [6.07, 6.45) is -0.0849. The van der Waals surface area contributed by atoms with E-state index in [0.29, 0.717) is 18.0 Å². The number of amides is 2. The number of carbonyl (C=O) groups is 2. The summed E-state index contributed by atoms with van der Waals surface area (Å²) in [5, 5.41) is 6.15. The van der Waals surface area contributed by atoms with Gasteiger partial charge in [0.2, 0.25) is 5.91 Å². The number of nitrogens with one attached hydrogen (secondary N) is 2. The van der Waals surface area contributed by atoms with Crippen LogP contribution >= 0.6 is 0 Å². The maximum Gasteiger partial charge on any atom is 0.252 e. The fourth-order valence-electron chi connectivity index (χ4n) is 3.12. The van der Waals surface area contributed by atoms with Crippen LogP contribution in [0.3, 0.4) is 0 Å². The Hall–Kier alpha value is -2.86. The van der Waals surface area contributed by atoms with Crippen LogP contribution in [0.1, 0.15) is 41.3 Å². The van der Waals surface area contributed by atoms with Gasteiger partial charge in [0.1, 0.15) is 5.75 Å². The van der Waals surface area contributed by atoms with Crippen molar-refractivity contribution in [3.8, 4) is 5.75 Å². The molecule has 1 heterocycles. The van der Waals surface area contributed by atoms with Crippen LogP contribution in [0.5, 0.6) is 5.75 Å². The van der Waals surface area contributed by atoms with Crippen LogP contribution in [0.2, 0.25) is 0 Å². The number of rotatable bonds is 5. The molecule has 0 bridgehead atoms. The number of ether oxygens (including phenoxy) is 1. The summed E-state index contributed by atoms with van der Waals surface area (Å²) in [4.78, 5) is 24.5. The van der Waals surface area contributed by atoms with Crippen LogP contribution < -0.4 is 21.1 Å². The summed E-state index contributed by atoms with van der Waals surface area (Å²) >= 11 is 0. The number of hydrogen-bond acceptors (Lipinski definition) is 4. The van der Waals surface area contributed by atoms with Gasteiger partial charge < -0.3 is 21.1 Å². The van der Waals surface area contributed by atoms with Crippen molar-refractivity contribution in [1.82, 2.24) is 5.32 Å². The summed E-state index contributed by atoms with van der Waals surface area (Å²) < 4.78 is 5.61. The van der Waals surface area contributed by atoms with Crippen molar-refractivity contribution in [2.24, 2.45) is 5.73 Å². The zero-order valence-electron chi connectivity index (χ0n) is 14.9. The summed E-state index contributed by atoms with van der Waals surface area (Å²) in [6, 6.07) is 12.8. The molecule has 4 N–H and O–H groups in total. The van der Waals surface area contributed by atoms with E-state index in [1.54, 1.807) is 18.2 Å². The van der Waals surface area contributed by atoms with Crippen LogP contribution in [0.25, 0.3) is 0 Å². The smallest absolute Gasteiger partial charge is 0.252 e. The third-order valence-corrected chi connectivity index (χ3v) is 4.29. The largest absolute Gasteiger partial charge is 0.490 e. The molecule has 0 aliphatic carbocycles. The van der Waals surface area contributed by atoms with Gasteiger partial charge in [-0.2, -0.15) is 0 Å². The van der Waals surface area contributed by atoms with E-state index < -0.39 is 5.91 Å². The van der Waals surface area contributed by atoms with Crippen LogP contribution in [-0.4, -0.2) is 24.5 Å². The quantitative estimate of drug-likeness (QED) is 0.769. The van der Waals surface area contributed by atoms with Gasteiger partial charge in [-0.25, -0.2) is 0 Å². The van der Waals surface area contributed by atoms with Gasteiger partial charge in [-0.3, -0.25) is 9.59 Å². The van der Waals surface area contributed by atoms with E-state index in [4.69, 9.17) is 10.5 Å². The van der Waals surface area contributed by atoms with Gasteiger partial charge in [0.05, 0.1) is 17.6 Å². The minimum Gasteiger partial charge on any atom is -0.490 e. The molecule has 6 nitrogen and oxygen atoms in total. The molecule has 0 saturated carbocycles. The number of carbonyl (C=O) groups excluding carboxylic acids is 2. The lowest BCUT2D eigenvalue weighted by Gasteiger charge is -2.25. The van der Waals surface area contributed by atoms with E-state index in [0.717, 1.165) is 17.7 Å². The summed E-state index contributed by atoms with van der Waals surface area (Å²) in [5.41, 5.74) is 8.37. The SMILES string of the molecule is CC(C)Oc1ccc(NC(=O)C2CNCc3ccccc32)cc1C(N)=O. The van der Waals surface area contributed by atoms with Crippen molar-refractivity contribution < 1.29 is 14.3 Å². The van der Waals surface area contributed by atoms with Gasteiger partial charge >= 0.3 is 0 Å². The number of anilines is 1. The Morgan fingerprint density at radius 1 is 1.23 bits per heavy atom. The zero-order valence-corrected chi connectivity index (χ0v) is 14.9. The van der Waals surface area contributed by atoms with Crippen molar-refractivity contribution in [3.05, 3.63) is 59.2 Å². The first-order chi connectivity index (χ1) is 12.5. The molecule has 3 rings (SSSR count). The minimum absolute atomic E-state index is 0.0849. The van der Waals surface area contributed by atoms with E-state index in [1.165, 1.54) is 0 Å². The van der Waals surface area contributed by atoms with Crippen molar-refractivity contribution in [2.45, 2.75) is 32.4 Å². The van der Waals surface area contributed by atoms with Gasteiger partial charge in [0, 0.05) is 18.8 Å². The van der Waals surface area contributed by atoms with Crippen molar-refractivity contribution in [3.63, 3.8) is 0 Å². The molecule has 0 aromatic heterocycles. The normalized spacial score (nSPS) is 16.0. The lowest BCUT2D eigenvalue weighted by molar-refractivity contribution is -0.117. The van der Waals surface area contributed by atoms with Gasteiger partial charge in [-0.05, 0) is 43.2 Å². The third-order valence-electron chi connectivity index (χ3n) is 4.29. The van der Waals surface area contributed by atoms with E-state index in [-0.39, 0.29) is 23.5 Å². The van der Waals surface area contributed by atoms with Gasteiger partial charge in [-0.15, -0.1) is 0 Å². The van der Waals surface area contributed by atoms with Gasteiger partial charge in [0.25, 0.3) is 5.91 Å². The second-order valence-electron chi connectivity index (χ2n) is 6.61. The summed E-state index contributed by atoms with van der Waals surface area (Å²) in [7, 11) is 0. The molecule has 26 heavy (non-hydrogen) atoms. The molecule has 0 spiro atoms. The Morgan fingerprint density at radius 2 is 2.00 bits per heavy atom. The molecule has 1 aliphatic heterocycles. The molecule has 1 aliphatic rings. The lowest BCUT2D eigenvalue weighted by Crippen LogP contribution is -2.35. The maximum atomic E-state index is 12.8. The Balaban J connectivity index is 1.82. The number of primary amides is 1. The maximum absolute atomic E-state index is 12.8. The Kier molecular flexibility index (Phi) is 5.23. The predicted molar refractivity (Wildman–Crippen MR) is 100 cm³/mol. The number of benzene rings is 2. The molecular formula is C20H23N3O3. The highest BCUT2D eigenvalue weighted by Crippen LogP contribution is 2.27. The van der Waals surface area contributed by atoms with Crippen molar-refractivity contribution in [1.29, 1.82) is 0 Å². The Bertz CT molecular complexity index is 833. The predicted octanol–water partition coefficient (Wildman–Crippen LogP) is 2.40. The monoisotopic (exact) mass is 353 g/mol. The Morgan fingerprint density at radius 3 is 2.73 bits per heavy atom. The highest BCUT2D eigenvalue weighted by Gasteiger charge is 2.26. The van der Waals surface area contributed by atoms with Crippen LogP contribution in [0, 0.1) is 0 Å². The summed E-state index contributed by atoms with van der Waals surface area (Å²) in [5.74, 6) is -0.599. The third kappa shape index (κ3) is 3.86. The molecule has 0 fully saturated rings. The fourth-order valence-corrected chi connectivity index (χ4v) is 3.12. The van der Waals surface area contributed by atoms with E-state index >= 15 is 0 Å². The highest BCUT2D eigenvalue weighted by molar-refractivity contribution is 6.00. The van der Waals surface area contributed by atoms with Crippen molar-refractivity contribution in [2.75, 3.05) is 11.9 Å². The number of fused-ring (bicyclic) bond motifs is 1. The van der Waals surface area contributed by atoms with Crippen LogP contribution in [0.4, 0.5) is 5.69 Å². The first-order valence-electron chi connectivity index (χ1n) is 8.65. The fraction of sp³-hybridized carbons (Fsp3) is 0.300. The standard InChI is InChI=1S/C20H23N3O3/c1-12(2)26-18-8-7-14(9-16(18)19(21)24)23-20(25)17-11-22-10-13-5-3-4-6-15(13)17/h3-9,12,17,22H,10-11H2,1-2H3,(H2,21,24)(H,23,25). The Labute approximate surface area is 152 Å². The highest BCUT2D eigenvalue weighted by atomic mass is 16.5. The molecule has 2 amide bonds. The van der Waals surface area contributed by atoms with E-state index in [9.17, 15) is 9.59 Å². The minimum atomic E-state index is -0.596. The molecule has 136 valence electrons. The second-order valence-corrected chi connectivity index (χ2v) is 6.61. The van der Waals surface area contributed by atoms with Crippen LogP contribution in [-0.2, 0) is 11.3 Å². The first kappa shape index (κ1) is 17.9. The molecule has 0 saturated heterocycles. The molecular weight excluding hydrogens is 330 g/mol. The second kappa shape index (κ2) is 7.58. The molecule has 2 aromatic rings. The molecule has 1 unspecified atom stereocenters.